The molecule has 1 aromatic carbocycles. The Morgan fingerprint density at radius 3 is 2.72 bits per heavy atom. The Morgan fingerprint density at radius 2 is 2.17 bits per heavy atom. The van der Waals surface area contributed by atoms with Gasteiger partial charge in [-0.05, 0) is 18.2 Å². The van der Waals surface area contributed by atoms with Crippen LogP contribution in [0.2, 0.25) is 0 Å². The minimum Gasteiger partial charge on any atom is -0.508 e. The summed E-state index contributed by atoms with van der Waals surface area (Å²) in [6, 6.07) is 6.60. The number of benzene rings is 1. The molecule has 1 amide bonds. The first-order valence-corrected chi connectivity index (χ1v) is 8.02. The van der Waals surface area contributed by atoms with Crippen LogP contribution in [-0.4, -0.2) is 45.6 Å². The fourth-order valence-corrected chi connectivity index (χ4v) is 2.44. The van der Waals surface area contributed by atoms with E-state index >= 15 is 0 Å². The van der Waals surface area contributed by atoms with E-state index in [1.54, 1.807) is 38.4 Å². The van der Waals surface area contributed by atoms with E-state index in [9.17, 15) is 14.1 Å². The summed E-state index contributed by atoms with van der Waals surface area (Å²) >= 11 is 1.25. The van der Waals surface area contributed by atoms with Gasteiger partial charge in [-0.2, -0.15) is 0 Å². The molecule has 0 heterocycles. The average Bonchev–Trinajstić information content (AvgIpc) is 2.25. The van der Waals surface area contributed by atoms with E-state index in [2.05, 4.69) is 4.36 Å². The maximum Gasteiger partial charge on any atom is 0.265 e. The second kappa shape index (κ2) is 6.21. The van der Waals surface area contributed by atoms with Gasteiger partial charge in [-0.15, -0.1) is 16.1 Å². The molecule has 0 aromatic heterocycles. The summed E-state index contributed by atoms with van der Waals surface area (Å²) in [4.78, 5) is 12.3. The van der Waals surface area contributed by atoms with Crippen LogP contribution in [0.25, 0.3) is 0 Å². The van der Waals surface area contributed by atoms with Crippen LogP contribution in [0.3, 0.4) is 0 Å². The molecule has 1 aromatic rings. The van der Waals surface area contributed by atoms with Gasteiger partial charge in [0.1, 0.15) is 15.7 Å². The van der Waals surface area contributed by atoms with Gasteiger partial charge in [-0.3, -0.25) is 4.79 Å². The van der Waals surface area contributed by atoms with Crippen molar-refractivity contribution in [2.24, 2.45) is 4.36 Å². The second-order valence-electron chi connectivity index (χ2n) is 3.85. The van der Waals surface area contributed by atoms with Gasteiger partial charge in [-0.1, -0.05) is 6.07 Å². The monoisotopic (exact) mass is 288 g/mol. The van der Waals surface area contributed by atoms with E-state index in [1.807, 2.05) is 0 Å². The Hall–Kier alpha value is -1.05. The lowest BCUT2D eigenvalue weighted by molar-refractivity contribution is -0.115. The minimum absolute atomic E-state index is 0.0993. The highest BCUT2D eigenvalue weighted by Crippen LogP contribution is 2.22. The lowest BCUT2D eigenvalue weighted by atomic mass is 10.3. The van der Waals surface area contributed by atoms with E-state index in [0.29, 0.717) is 0 Å². The molecular weight excluding hydrogens is 272 g/mol. The number of rotatable bonds is 4. The summed E-state index contributed by atoms with van der Waals surface area (Å²) in [7, 11) is 0.611. The summed E-state index contributed by atoms with van der Waals surface area (Å²) in [5, 5.41) is 9.26. The number of nitrogens with zero attached hydrogens (tertiary/aromatic N) is 2. The predicted molar refractivity (Wildman–Crippen MR) is 74.0 cm³/mol. The number of phenolic OH excluding ortho intramolecular Hbond substituents is 1. The van der Waals surface area contributed by atoms with Crippen LogP contribution in [0.4, 0.5) is 0 Å². The fraction of sp³-hybridized carbons (Fsp3) is 0.364. The summed E-state index contributed by atoms with van der Waals surface area (Å²) < 4.78 is 16.9. The molecule has 0 fully saturated rings. The average molecular weight is 288 g/mol. The zero-order valence-electron chi connectivity index (χ0n) is 10.5. The standard InChI is InChI=1S/C11H16N2O3S2/c1-13(2)18(3,16)12-11(15)8-17-10-6-4-5-9(14)7-10/h4-7,14H,8H2,1-3H3. The third-order valence-electron chi connectivity index (χ3n) is 2.13. The maximum atomic E-state index is 11.9. The van der Waals surface area contributed by atoms with Crippen LogP contribution in [0.5, 0.6) is 5.75 Å². The van der Waals surface area contributed by atoms with E-state index in [-0.39, 0.29) is 11.5 Å². The number of carbonyl (C=O) groups excluding carboxylic acids is 1. The molecule has 1 atom stereocenters. The van der Waals surface area contributed by atoms with Crippen molar-refractivity contribution in [3.05, 3.63) is 24.3 Å². The molecule has 1 N–H and O–H groups in total. The van der Waals surface area contributed by atoms with Gasteiger partial charge in [0, 0.05) is 25.2 Å². The topological polar surface area (TPSA) is 70.0 Å². The molecule has 0 saturated heterocycles. The van der Waals surface area contributed by atoms with Gasteiger partial charge < -0.3 is 5.11 Å². The number of hydrogen-bond acceptors (Lipinski definition) is 4. The second-order valence-corrected chi connectivity index (χ2v) is 7.33. The first-order chi connectivity index (χ1) is 8.31. The molecule has 18 heavy (non-hydrogen) atoms. The first kappa shape index (κ1) is 15.0. The van der Waals surface area contributed by atoms with E-state index < -0.39 is 15.8 Å². The van der Waals surface area contributed by atoms with Gasteiger partial charge in [0.2, 0.25) is 0 Å². The molecule has 1 rings (SSSR count). The molecule has 0 aliphatic rings. The molecule has 1 unspecified atom stereocenters. The Morgan fingerprint density at radius 1 is 1.50 bits per heavy atom. The highest BCUT2D eigenvalue weighted by molar-refractivity contribution is 8.00. The van der Waals surface area contributed by atoms with Crippen molar-refractivity contribution in [2.45, 2.75) is 4.90 Å². The summed E-state index contributed by atoms with van der Waals surface area (Å²) in [6.45, 7) is 0. The summed E-state index contributed by atoms with van der Waals surface area (Å²) in [5.74, 6) is -0.177. The van der Waals surface area contributed by atoms with Crippen molar-refractivity contribution in [1.29, 1.82) is 0 Å². The zero-order valence-corrected chi connectivity index (χ0v) is 12.1. The van der Waals surface area contributed by atoms with Crippen molar-refractivity contribution in [1.82, 2.24) is 4.31 Å². The molecule has 0 aliphatic heterocycles. The Balaban J connectivity index is 2.66. The zero-order chi connectivity index (χ0) is 13.8. The molecular formula is C11H16N2O3S2. The number of amides is 1. The van der Waals surface area contributed by atoms with Crippen LogP contribution in [0, 0.1) is 0 Å². The third kappa shape index (κ3) is 4.67. The van der Waals surface area contributed by atoms with Gasteiger partial charge in [0.15, 0.2) is 0 Å². The Labute approximate surface area is 112 Å². The van der Waals surface area contributed by atoms with Gasteiger partial charge in [0.05, 0.1) is 5.75 Å². The Kier molecular flexibility index (Phi) is 5.18. The van der Waals surface area contributed by atoms with Crippen LogP contribution < -0.4 is 0 Å². The molecule has 100 valence electrons. The van der Waals surface area contributed by atoms with Crippen molar-refractivity contribution in [2.75, 3.05) is 26.1 Å². The van der Waals surface area contributed by atoms with Crippen LogP contribution >= 0.6 is 11.8 Å². The highest BCUT2D eigenvalue weighted by atomic mass is 32.2. The lowest BCUT2D eigenvalue weighted by Gasteiger charge is -2.10. The van der Waals surface area contributed by atoms with Crippen molar-refractivity contribution in [3.63, 3.8) is 0 Å². The van der Waals surface area contributed by atoms with Gasteiger partial charge >= 0.3 is 0 Å². The van der Waals surface area contributed by atoms with Crippen molar-refractivity contribution in [3.8, 4) is 5.75 Å². The maximum absolute atomic E-state index is 11.9. The molecule has 0 radical (unpaired) electrons. The minimum atomic E-state index is -2.61. The molecule has 0 aliphatic carbocycles. The number of hydrogen-bond donors (Lipinski definition) is 1. The van der Waals surface area contributed by atoms with Crippen molar-refractivity contribution >= 4 is 27.6 Å². The predicted octanol–water partition coefficient (Wildman–Crippen LogP) is 1.59. The molecule has 0 saturated carbocycles. The highest BCUT2D eigenvalue weighted by Gasteiger charge is 2.09. The van der Waals surface area contributed by atoms with Crippen LogP contribution in [-0.2, 0) is 14.7 Å². The largest absolute Gasteiger partial charge is 0.508 e. The molecule has 0 bridgehead atoms. The number of aromatic hydroxyl groups is 1. The van der Waals surface area contributed by atoms with E-state index in [1.165, 1.54) is 22.3 Å². The Bertz CT molecular complexity index is 549. The number of thioether (sulfide) groups is 1. The number of phenols is 1. The van der Waals surface area contributed by atoms with E-state index in [4.69, 9.17) is 0 Å². The normalized spacial score (nSPS) is 14.2. The SMILES string of the molecule is CN(C)S(C)(=O)=NC(=O)CSc1cccc(O)c1. The molecule has 7 heteroatoms. The fourth-order valence-electron chi connectivity index (χ4n) is 1.02. The van der Waals surface area contributed by atoms with E-state index in [0.717, 1.165) is 4.90 Å². The lowest BCUT2D eigenvalue weighted by Crippen LogP contribution is -2.21. The molecule has 0 spiro atoms. The smallest absolute Gasteiger partial charge is 0.265 e. The molecule has 5 nitrogen and oxygen atoms in total. The quantitative estimate of drug-likeness (QED) is 0.854. The summed E-state index contributed by atoms with van der Waals surface area (Å²) in [6.07, 6.45) is 1.42. The number of carbonyl (C=O) groups is 1. The summed E-state index contributed by atoms with van der Waals surface area (Å²) in [5.41, 5.74) is 0. The van der Waals surface area contributed by atoms with Gasteiger partial charge in [-0.25, -0.2) is 8.51 Å². The van der Waals surface area contributed by atoms with Crippen LogP contribution in [0.15, 0.2) is 33.5 Å². The van der Waals surface area contributed by atoms with Crippen molar-refractivity contribution < 1.29 is 14.1 Å². The first-order valence-electron chi connectivity index (χ1n) is 5.15. The van der Waals surface area contributed by atoms with Crippen LogP contribution in [0.1, 0.15) is 0 Å². The van der Waals surface area contributed by atoms with Gasteiger partial charge in [0.25, 0.3) is 5.91 Å². The third-order valence-corrected chi connectivity index (χ3v) is 5.00.